The Kier molecular flexibility index (Phi) is 7.42. The van der Waals surface area contributed by atoms with Crippen molar-refractivity contribution in [3.8, 4) is 0 Å². The zero-order valence-electron chi connectivity index (χ0n) is 9.00. The number of rotatable bonds is 6. The van der Waals surface area contributed by atoms with Crippen LogP contribution >= 0.6 is 12.8 Å². The number of nitrogens with one attached hydrogen (secondary N) is 1. The first-order valence-electron chi connectivity index (χ1n) is 4.63. The molecule has 4 heteroatoms. The van der Waals surface area contributed by atoms with Crippen LogP contribution in [0, 0.1) is 5.41 Å². The molecule has 0 aromatic heterocycles. The lowest BCUT2D eigenvalue weighted by molar-refractivity contribution is 0.204. The van der Waals surface area contributed by atoms with Gasteiger partial charge in [-0.25, -0.2) is 4.40 Å². The molecule has 0 radical (unpaired) electrons. The van der Waals surface area contributed by atoms with Gasteiger partial charge in [0.2, 0.25) is 0 Å². The van der Waals surface area contributed by atoms with E-state index in [4.69, 9.17) is 10.1 Å². The lowest BCUT2D eigenvalue weighted by Gasteiger charge is -2.05. The molecule has 80 valence electrons. The predicted octanol–water partition coefficient (Wildman–Crippen LogP) is 2.68. The molecule has 1 N–H and O–H groups in total. The molecule has 0 aliphatic rings. The molecule has 3 nitrogen and oxygen atoms in total. The molecule has 0 amide bonds. The summed E-state index contributed by atoms with van der Waals surface area (Å²) in [6.45, 7) is 4.50. The van der Waals surface area contributed by atoms with Crippen molar-refractivity contribution in [3.05, 3.63) is 11.6 Å². The van der Waals surface area contributed by atoms with Gasteiger partial charge in [0.15, 0.2) is 0 Å². The summed E-state index contributed by atoms with van der Waals surface area (Å²) in [5.74, 6) is 0. The van der Waals surface area contributed by atoms with E-state index >= 15 is 0 Å². The molecule has 0 heterocycles. The van der Waals surface area contributed by atoms with Crippen molar-refractivity contribution >= 4 is 24.2 Å². The normalized spacial score (nSPS) is 13.1. The highest BCUT2D eigenvalue weighted by Crippen LogP contribution is 2.06. The molecule has 0 saturated heterocycles. The zero-order chi connectivity index (χ0) is 11.0. The number of methoxy groups -OCH3 is 1. The van der Waals surface area contributed by atoms with Crippen molar-refractivity contribution in [2.45, 2.75) is 26.7 Å². The summed E-state index contributed by atoms with van der Waals surface area (Å²) in [5.41, 5.74) is 2.12. The van der Waals surface area contributed by atoms with E-state index in [0.29, 0.717) is 18.0 Å². The van der Waals surface area contributed by atoms with Crippen LogP contribution in [-0.2, 0) is 4.74 Å². The molecule has 0 aromatic rings. The maximum absolute atomic E-state index is 7.80. The molecule has 0 fully saturated rings. The second-order valence-electron chi connectivity index (χ2n) is 2.92. The van der Waals surface area contributed by atoms with Gasteiger partial charge in [0.05, 0.1) is 11.4 Å². The fourth-order valence-electron chi connectivity index (χ4n) is 1.06. The standard InChI is InChI=1S/C10H18N2OS/c1-4-9(6-5-7-13-3)10(11)8(2)12-14/h6,11,14H,4-5,7H2,1-3H3/b9-6+,11-10?,12-8-. The van der Waals surface area contributed by atoms with Crippen molar-refractivity contribution in [3.63, 3.8) is 0 Å². The van der Waals surface area contributed by atoms with E-state index in [-0.39, 0.29) is 0 Å². The monoisotopic (exact) mass is 214 g/mol. The van der Waals surface area contributed by atoms with Gasteiger partial charge >= 0.3 is 0 Å². The molecule has 0 aliphatic carbocycles. The second-order valence-corrected chi connectivity index (χ2v) is 3.12. The van der Waals surface area contributed by atoms with Crippen molar-refractivity contribution in [1.29, 1.82) is 5.41 Å². The van der Waals surface area contributed by atoms with Crippen LogP contribution < -0.4 is 0 Å². The highest BCUT2D eigenvalue weighted by Gasteiger charge is 2.05. The summed E-state index contributed by atoms with van der Waals surface area (Å²) in [6, 6.07) is 0. The average Bonchev–Trinajstić information content (AvgIpc) is 2.22. The van der Waals surface area contributed by atoms with E-state index in [1.807, 2.05) is 13.0 Å². The average molecular weight is 214 g/mol. The van der Waals surface area contributed by atoms with Crippen LogP contribution in [0.4, 0.5) is 0 Å². The third-order valence-electron chi connectivity index (χ3n) is 1.93. The third-order valence-corrected chi connectivity index (χ3v) is 2.23. The highest BCUT2D eigenvalue weighted by molar-refractivity contribution is 7.79. The van der Waals surface area contributed by atoms with Crippen LogP contribution in [-0.4, -0.2) is 25.1 Å². The predicted molar refractivity (Wildman–Crippen MR) is 64.7 cm³/mol. The molecule has 0 saturated carbocycles. The van der Waals surface area contributed by atoms with Crippen molar-refractivity contribution < 1.29 is 4.74 Å². The Bertz CT molecular complexity index is 247. The summed E-state index contributed by atoms with van der Waals surface area (Å²) in [5, 5.41) is 7.80. The topological polar surface area (TPSA) is 45.4 Å². The number of hydrogen-bond acceptors (Lipinski definition) is 4. The Morgan fingerprint density at radius 2 is 2.21 bits per heavy atom. The molecule has 0 bridgehead atoms. The van der Waals surface area contributed by atoms with Crippen LogP contribution in [0.3, 0.4) is 0 Å². The lowest BCUT2D eigenvalue weighted by atomic mass is 10.0. The summed E-state index contributed by atoms with van der Waals surface area (Å²) in [6.07, 6.45) is 3.69. The SMILES string of the molecule is CC/C(=C\CCOC)C(=N)/C(C)=N\S. The first kappa shape index (κ1) is 13.4. The Hall–Kier alpha value is -0.610. The van der Waals surface area contributed by atoms with E-state index in [0.717, 1.165) is 18.4 Å². The van der Waals surface area contributed by atoms with Crippen LogP contribution in [0.5, 0.6) is 0 Å². The Balaban J connectivity index is 4.40. The van der Waals surface area contributed by atoms with E-state index in [1.165, 1.54) is 0 Å². The number of nitrogens with zero attached hydrogens (tertiary/aromatic N) is 1. The van der Waals surface area contributed by atoms with Gasteiger partial charge in [-0.3, -0.25) is 5.41 Å². The minimum atomic E-state index is 0.471. The van der Waals surface area contributed by atoms with Crippen molar-refractivity contribution in [1.82, 2.24) is 0 Å². The number of allylic oxidation sites excluding steroid dienone is 1. The van der Waals surface area contributed by atoms with Gasteiger partial charge in [-0.15, -0.1) is 0 Å². The fraction of sp³-hybridized carbons (Fsp3) is 0.600. The number of ether oxygens (including phenoxy) is 1. The summed E-state index contributed by atoms with van der Waals surface area (Å²) >= 11 is 3.79. The van der Waals surface area contributed by atoms with Crippen LogP contribution in [0.1, 0.15) is 26.7 Å². The zero-order valence-corrected chi connectivity index (χ0v) is 9.90. The lowest BCUT2D eigenvalue weighted by Crippen LogP contribution is -2.11. The second kappa shape index (κ2) is 7.76. The van der Waals surface area contributed by atoms with E-state index in [1.54, 1.807) is 14.0 Å². The molecule has 0 aliphatic heterocycles. The summed E-state index contributed by atoms with van der Waals surface area (Å²) < 4.78 is 8.64. The summed E-state index contributed by atoms with van der Waals surface area (Å²) in [7, 11) is 1.67. The highest BCUT2D eigenvalue weighted by atomic mass is 32.1. The maximum atomic E-state index is 7.80. The smallest absolute Gasteiger partial charge is 0.0787 e. The summed E-state index contributed by atoms with van der Waals surface area (Å²) in [4.78, 5) is 0. The van der Waals surface area contributed by atoms with Gasteiger partial charge in [0.25, 0.3) is 0 Å². The van der Waals surface area contributed by atoms with Crippen molar-refractivity contribution in [2.75, 3.05) is 13.7 Å². The Morgan fingerprint density at radius 1 is 1.57 bits per heavy atom. The molecule has 0 rings (SSSR count). The fourth-order valence-corrected chi connectivity index (χ4v) is 1.16. The van der Waals surface area contributed by atoms with E-state index < -0.39 is 0 Å². The third kappa shape index (κ3) is 4.58. The molecule has 14 heavy (non-hydrogen) atoms. The first-order valence-corrected chi connectivity index (χ1v) is 5.03. The largest absolute Gasteiger partial charge is 0.384 e. The van der Waals surface area contributed by atoms with E-state index in [2.05, 4.69) is 17.2 Å². The first-order chi connectivity index (χ1) is 6.67. The molecule has 0 aromatic carbocycles. The van der Waals surface area contributed by atoms with Gasteiger partial charge in [0.1, 0.15) is 0 Å². The number of thiol groups is 1. The Morgan fingerprint density at radius 3 is 2.64 bits per heavy atom. The van der Waals surface area contributed by atoms with E-state index in [9.17, 15) is 0 Å². The molecule has 0 spiro atoms. The maximum Gasteiger partial charge on any atom is 0.0787 e. The molecular formula is C10H18N2OS. The van der Waals surface area contributed by atoms with Crippen LogP contribution in [0.25, 0.3) is 0 Å². The minimum absolute atomic E-state index is 0.471. The van der Waals surface area contributed by atoms with Gasteiger partial charge in [0, 0.05) is 13.7 Å². The molecular weight excluding hydrogens is 196 g/mol. The van der Waals surface area contributed by atoms with Crippen molar-refractivity contribution in [2.24, 2.45) is 4.40 Å². The van der Waals surface area contributed by atoms with Crippen LogP contribution in [0.2, 0.25) is 0 Å². The molecule has 0 atom stereocenters. The van der Waals surface area contributed by atoms with Gasteiger partial charge in [-0.1, -0.05) is 13.0 Å². The number of hydrogen-bond donors (Lipinski definition) is 2. The quantitative estimate of drug-likeness (QED) is 0.398. The molecule has 0 unspecified atom stereocenters. The Labute approximate surface area is 91.3 Å². The van der Waals surface area contributed by atoms with Crippen LogP contribution in [0.15, 0.2) is 16.0 Å². The van der Waals surface area contributed by atoms with Gasteiger partial charge in [-0.05, 0) is 38.2 Å². The van der Waals surface area contributed by atoms with Gasteiger partial charge in [-0.2, -0.15) is 0 Å². The minimum Gasteiger partial charge on any atom is -0.384 e. The van der Waals surface area contributed by atoms with Gasteiger partial charge < -0.3 is 4.74 Å².